The summed E-state index contributed by atoms with van der Waals surface area (Å²) in [5.74, 6) is 0.651. The van der Waals surface area contributed by atoms with Crippen LogP contribution in [0.1, 0.15) is 22.7 Å². The van der Waals surface area contributed by atoms with Gasteiger partial charge in [-0.05, 0) is 36.2 Å². The minimum Gasteiger partial charge on any atom is -0.497 e. The van der Waals surface area contributed by atoms with E-state index in [4.69, 9.17) is 4.74 Å². The molecule has 0 bridgehead atoms. The van der Waals surface area contributed by atoms with E-state index in [0.29, 0.717) is 16.9 Å². The van der Waals surface area contributed by atoms with Crippen LogP contribution in [0.3, 0.4) is 0 Å². The summed E-state index contributed by atoms with van der Waals surface area (Å²) in [4.78, 5) is 10.5. The van der Waals surface area contributed by atoms with Crippen LogP contribution in [-0.4, -0.2) is 20.5 Å². The highest BCUT2D eigenvalue weighted by Gasteiger charge is 2.25. The molecule has 3 aromatic rings. The lowest BCUT2D eigenvalue weighted by molar-refractivity contribution is -0.385. The molecule has 0 aromatic heterocycles. The minimum atomic E-state index is -4.03. The standard InChI is InChI=1S/C21H20N2O5S/c1-15-8-13-19(14-20(15)23(24)25)29(26,27)22-21(16-6-4-3-5-7-16)17-9-11-18(28-2)12-10-17/h3-14,21-22H,1-2H3/t21-/m0/s1. The number of nitro benzene ring substituents is 1. The Morgan fingerprint density at radius 2 is 1.59 bits per heavy atom. The molecule has 1 N–H and O–H groups in total. The van der Waals surface area contributed by atoms with Crippen LogP contribution >= 0.6 is 0 Å². The van der Waals surface area contributed by atoms with Crippen LogP contribution in [-0.2, 0) is 10.0 Å². The number of aryl methyl sites for hydroxylation is 1. The molecule has 0 saturated heterocycles. The summed E-state index contributed by atoms with van der Waals surface area (Å²) in [5, 5.41) is 11.2. The summed E-state index contributed by atoms with van der Waals surface area (Å²) in [6, 6.07) is 19.3. The fourth-order valence-electron chi connectivity index (χ4n) is 2.95. The van der Waals surface area contributed by atoms with Crippen LogP contribution < -0.4 is 9.46 Å². The number of hydrogen-bond donors (Lipinski definition) is 1. The molecule has 0 aliphatic rings. The molecular formula is C21H20N2O5S. The normalized spacial score (nSPS) is 12.3. The number of methoxy groups -OCH3 is 1. The number of benzene rings is 3. The van der Waals surface area contributed by atoms with Crippen LogP contribution in [0.4, 0.5) is 5.69 Å². The Morgan fingerprint density at radius 1 is 0.966 bits per heavy atom. The van der Waals surface area contributed by atoms with E-state index in [9.17, 15) is 18.5 Å². The minimum absolute atomic E-state index is 0.163. The third-order valence-electron chi connectivity index (χ3n) is 4.54. The van der Waals surface area contributed by atoms with E-state index in [1.165, 1.54) is 12.1 Å². The number of nitrogens with zero attached hydrogens (tertiary/aromatic N) is 1. The zero-order valence-electron chi connectivity index (χ0n) is 15.9. The van der Waals surface area contributed by atoms with E-state index < -0.39 is 21.0 Å². The molecule has 8 heteroatoms. The number of ether oxygens (including phenoxy) is 1. The highest BCUT2D eigenvalue weighted by atomic mass is 32.2. The second-order valence-electron chi connectivity index (χ2n) is 6.44. The molecule has 3 rings (SSSR count). The highest BCUT2D eigenvalue weighted by Crippen LogP contribution is 2.28. The Labute approximate surface area is 169 Å². The van der Waals surface area contributed by atoms with Crippen molar-refractivity contribution in [1.29, 1.82) is 0 Å². The molecule has 1 atom stereocenters. The molecule has 0 amide bonds. The number of rotatable bonds is 7. The van der Waals surface area contributed by atoms with Gasteiger partial charge >= 0.3 is 0 Å². The third kappa shape index (κ3) is 4.61. The molecule has 0 saturated carbocycles. The lowest BCUT2D eigenvalue weighted by Crippen LogP contribution is -2.29. The molecule has 7 nitrogen and oxygen atoms in total. The maximum Gasteiger partial charge on any atom is 0.273 e. The first-order chi connectivity index (χ1) is 13.8. The maximum atomic E-state index is 13.0. The summed E-state index contributed by atoms with van der Waals surface area (Å²) < 4.78 is 33.9. The molecule has 29 heavy (non-hydrogen) atoms. The molecule has 150 valence electrons. The lowest BCUT2D eigenvalue weighted by Gasteiger charge is -2.20. The average molecular weight is 412 g/mol. The SMILES string of the molecule is COc1ccc([C@@H](NS(=O)(=O)c2ccc(C)c([N+](=O)[O-])c2)c2ccccc2)cc1. The predicted octanol–water partition coefficient (Wildman–Crippen LogP) is 3.98. The van der Waals surface area contributed by atoms with Crippen molar-refractivity contribution in [3.8, 4) is 5.75 Å². The molecule has 0 fully saturated rings. The Morgan fingerprint density at radius 3 is 2.17 bits per heavy atom. The van der Waals surface area contributed by atoms with Crippen molar-refractivity contribution in [2.24, 2.45) is 0 Å². The summed E-state index contributed by atoms with van der Waals surface area (Å²) in [5.41, 5.74) is 1.60. The molecule has 0 unspecified atom stereocenters. The average Bonchev–Trinajstić information content (AvgIpc) is 2.73. The van der Waals surface area contributed by atoms with Gasteiger partial charge in [-0.25, -0.2) is 8.42 Å². The van der Waals surface area contributed by atoms with Crippen molar-refractivity contribution < 1.29 is 18.1 Å². The fourth-order valence-corrected chi connectivity index (χ4v) is 4.18. The Bertz CT molecular complexity index is 1110. The van der Waals surface area contributed by atoms with Gasteiger partial charge in [0.25, 0.3) is 5.69 Å². The molecule has 3 aromatic carbocycles. The van der Waals surface area contributed by atoms with Crippen LogP contribution in [0.5, 0.6) is 5.75 Å². The monoisotopic (exact) mass is 412 g/mol. The predicted molar refractivity (Wildman–Crippen MR) is 109 cm³/mol. The second-order valence-corrected chi connectivity index (χ2v) is 8.16. The summed E-state index contributed by atoms with van der Waals surface area (Å²) in [6.07, 6.45) is 0. The topological polar surface area (TPSA) is 98.5 Å². The van der Waals surface area contributed by atoms with Gasteiger partial charge in [0, 0.05) is 11.6 Å². The third-order valence-corrected chi connectivity index (χ3v) is 5.96. The van der Waals surface area contributed by atoms with E-state index in [2.05, 4.69) is 4.72 Å². The lowest BCUT2D eigenvalue weighted by atomic mass is 10.00. The summed E-state index contributed by atoms with van der Waals surface area (Å²) in [6.45, 7) is 1.56. The van der Waals surface area contributed by atoms with Crippen molar-refractivity contribution >= 4 is 15.7 Å². The smallest absolute Gasteiger partial charge is 0.273 e. The second kappa shape index (κ2) is 8.42. The Kier molecular flexibility index (Phi) is 5.95. The number of hydrogen-bond acceptors (Lipinski definition) is 5. The van der Waals surface area contributed by atoms with Gasteiger partial charge in [0.1, 0.15) is 5.75 Å². The van der Waals surface area contributed by atoms with Gasteiger partial charge in [0.15, 0.2) is 0 Å². The van der Waals surface area contributed by atoms with Gasteiger partial charge in [0.2, 0.25) is 10.0 Å². The van der Waals surface area contributed by atoms with Gasteiger partial charge in [-0.3, -0.25) is 10.1 Å². The quantitative estimate of drug-likeness (QED) is 0.467. The first-order valence-corrected chi connectivity index (χ1v) is 10.3. The van der Waals surface area contributed by atoms with Gasteiger partial charge in [-0.2, -0.15) is 4.72 Å². The van der Waals surface area contributed by atoms with Gasteiger partial charge < -0.3 is 4.74 Å². The molecular weight excluding hydrogens is 392 g/mol. The fraction of sp³-hybridized carbons (Fsp3) is 0.143. The first-order valence-electron chi connectivity index (χ1n) is 8.78. The Balaban J connectivity index is 2.03. The molecule has 0 spiro atoms. The zero-order chi connectivity index (χ0) is 21.0. The molecule has 0 radical (unpaired) electrons. The van der Waals surface area contributed by atoms with E-state index in [1.807, 2.05) is 30.3 Å². The number of nitrogens with one attached hydrogen (secondary N) is 1. The van der Waals surface area contributed by atoms with Crippen molar-refractivity contribution in [3.05, 3.63) is 99.6 Å². The highest BCUT2D eigenvalue weighted by molar-refractivity contribution is 7.89. The molecule has 0 heterocycles. The van der Waals surface area contributed by atoms with E-state index >= 15 is 0 Å². The van der Waals surface area contributed by atoms with Gasteiger partial charge in [-0.1, -0.05) is 48.5 Å². The molecule has 0 aliphatic heterocycles. The summed E-state index contributed by atoms with van der Waals surface area (Å²) in [7, 11) is -2.48. The van der Waals surface area contributed by atoms with Crippen molar-refractivity contribution in [1.82, 2.24) is 4.72 Å². The number of nitro groups is 1. The van der Waals surface area contributed by atoms with Crippen LogP contribution in [0.15, 0.2) is 77.7 Å². The van der Waals surface area contributed by atoms with Crippen LogP contribution in [0.2, 0.25) is 0 Å². The van der Waals surface area contributed by atoms with E-state index in [0.717, 1.165) is 11.6 Å². The number of sulfonamides is 1. The van der Waals surface area contributed by atoms with E-state index in [-0.39, 0.29) is 10.6 Å². The first kappa shape index (κ1) is 20.5. The van der Waals surface area contributed by atoms with Crippen molar-refractivity contribution in [3.63, 3.8) is 0 Å². The summed E-state index contributed by atoms with van der Waals surface area (Å²) >= 11 is 0. The largest absolute Gasteiger partial charge is 0.497 e. The van der Waals surface area contributed by atoms with E-state index in [1.54, 1.807) is 38.3 Å². The van der Waals surface area contributed by atoms with Gasteiger partial charge in [-0.15, -0.1) is 0 Å². The van der Waals surface area contributed by atoms with Crippen molar-refractivity contribution in [2.45, 2.75) is 17.9 Å². The van der Waals surface area contributed by atoms with Crippen LogP contribution in [0, 0.1) is 17.0 Å². The Hall–Kier alpha value is -3.23. The maximum absolute atomic E-state index is 13.0. The van der Waals surface area contributed by atoms with Crippen molar-refractivity contribution in [2.75, 3.05) is 7.11 Å². The van der Waals surface area contributed by atoms with Gasteiger partial charge in [0.05, 0.1) is 23.0 Å². The molecule has 0 aliphatic carbocycles. The zero-order valence-corrected chi connectivity index (χ0v) is 16.7. The van der Waals surface area contributed by atoms with Crippen LogP contribution in [0.25, 0.3) is 0 Å².